The number of unbranched alkanes of at least 4 members (excludes halogenated alkanes) is 1. The quantitative estimate of drug-likeness (QED) is 0.0499. The van der Waals surface area contributed by atoms with Gasteiger partial charge in [0.05, 0.1) is 12.2 Å². The van der Waals surface area contributed by atoms with E-state index in [1.807, 2.05) is 18.2 Å². The Kier molecular flexibility index (Phi) is 9.02. The number of halogens is 2. The van der Waals surface area contributed by atoms with E-state index >= 15 is 4.39 Å². The van der Waals surface area contributed by atoms with Crippen molar-refractivity contribution >= 4 is 57.3 Å². The second-order valence-corrected chi connectivity index (χ2v) is 11.7. The molecule has 0 aliphatic carbocycles. The molecule has 0 saturated carbocycles. The van der Waals surface area contributed by atoms with Crippen LogP contribution in [0.25, 0.3) is 5.76 Å². The molecule has 1 saturated heterocycles. The molecule has 1 N–H and O–H groups in total. The molecular weight excluding hydrogens is 585 g/mol. The van der Waals surface area contributed by atoms with Crippen LogP contribution in [0.4, 0.5) is 9.52 Å². The van der Waals surface area contributed by atoms with Gasteiger partial charge in [0.25, 0.3) is 5.78 Å². The lowest BCUT2D eigenvalue weighted by Crippen LogP contribution is -2.29. The standard InChI is InChI=1S/C30H25ClFN3O4S2/c1-2-3-16-39-20-14-12-18(13-15-20)26(36)24-25(21-9-5-7-11-23(21)32)35(28(38)27(24)37)29-33-34-30(41-29)40-17-19-8-4-6-10-22(19)31/h4-15,25,36H,2-3,16-17H2,1H3. The molecule has 0 spiro atoms. The second kappa shape index (κ2) is 12.8. The molecule has 1 unspecified atom stereocenters. The third kappa shape index (κ3) is 6.14. The molecule has 11 heteroatoms. The summed E-state index contributed by atoms with van der Waals surface area (Å²) in [5, 5.41) is 20.4. The predicted octanol–water partition coefficient (Wildman–Crippen LogP) is 7.43. The van der Waals surface area contributed by atoms with Crippen molar-refractivity contribution in [1.29, 1.82) is 0 Å². The van der Waals surface area contributed by atoms with Gasteiger partial charge in [-0.2, -0.15) is 0 Å². The van der Waals surface area contributed by atoms with E-state index in [1.165, 1.54) is 30.0 Å². The number of hydrogen-bond donors (Lipinski definition) is 1. The number of amides is 1. The van der Waals surface area contributed by atoms with Gasteiger partial charge in [-0.15, -0.1) is 10.2 Å². The monoisotopic (exact) mass is 609 g/mol. The summed E-state index contributed by atoms with van der Waals surface area (Å²) in [5.74, 6) is -1.80. The Morgan fingerprint density at radius 1 is 1.07 bits per heavy atom. The molecule has 1 amide bonds. The first-order valence-corrected chi connectivity index (χ1v) is 15.1. The van der Waals surface area contributed by atoms with Crippen molar-refractivity contribution in [3.05, 3.63) is 106 Å². The molecule has 1 fully saturated rings. The minimum atomic E-state index is -1.24. The van der Waals surface area contributed by atoms with Gasteiger partial charge in [0.1, 0.15) is 23.4 Å². The Bertz CT molecular complexity index is 1610. The Balaban J connectivity index is 1.50. The van der Waals surface area contributed by atoms with Crippen molar-refractivity contribution in [2.45, 2.75) is 35.9 Å². The number of thioether (sulfide) groups is 1. The minimum Gasteiger partial charge on any atom is -0.507 e. The summed E-state index contributed by atoms with van der Waals surface area (Å²) in [7, 11) is 0. The van der Waals surface area contributed by atoms with Gasteiger partial charge in [-0.25, -0.2) is 4.39 Å². The van der Waals surface area contributed by atoms with Gasteiger partial charge < -0.3 is 9.84 Å². The van der Waals surface area contributed by atoms with Crippen molar-refractivity contribution in [2.24, 2.45) is 0 Å². The number of Topliss-reactive ketones (excluding diaryl/α,β-unsaturated/α-hetero) is 1. The van der Waals surface area contributed by atoms with E-state index in [2.05, 4.69) is 17.1 Å². The van der Waals surface area contributed by atoms with Crippen LogP contribution in [-0.2, 0) is 15.3 Å². The van der Waals surface area contributed by atoms with Gasteiger partial charge in [0, 0.05) is 21.9 Å². The zero-order valence-electron chi connectivity index (χ0n) is 21.9. The van der Waals surface area contributed by atoms with Crippen molar-refractivity contribution in [2.75, 3.05) is 11.5 Å². The summed E-state index contributed by atoms with van der Waals surface area (Å²) in [4.78, 5) is 27.9. The van der Waals surface area contributed by atoms with Crippen LogP contribution in [0.1, 0.15) is 42.5 Å². The molecule has 4 aromatic rings. The average Bonchev–Trinajstić information content (AvgIpc) is 3.55. The Hall–Kier alpha value is -3.73. The fourth-order valence-electron chi connectivity index (χ4n) is 4.33. The first-order valence-electron chi connectivity index (χ1n) is 12.9. The number of hydrogen-bond acceptors (Lipinski definition) is 8. The summed E-state index contributed by atoms with van der Waals surface area (Å²) in [6, 6.07) is 18.5. The highest BCUT2D eigenvalue weighted by Crippen LogP contribution is 2.44. The number of benzene rings is 3. The van der Waals surface area contributed by atoms with Gasteiger partial charge in [0.2, 0.25) is 5.13 Å². The van der Waals surface area contributed by atoms with Crippen LogP contribution in [0.5, 0.6) is 5.75 Å². The van der Waals surface area contributed by atoms with Gasteiger partial charge in [-0.3, -0.25) is 14.5 Å². The predicted molar refractivity (Wildman–Crippen MR) is 159 cm³/mol. The highest BCUT2D eigenvalue weighted by Gasteiger charge is 2.49. The minimum absolute atomic E-state index is 0.0493. The Labute approximate surface area is 249 Å². The SMILES string of the molecule is CCCCOc1ccc(C(O)=C2C(=O)C(=O)N(c3nnc(SCc4ccccc4Cl)s3)C2c2ccccc2F)cc1. The molecule has 2 heterocycles. The first kappa shape index (κ1) is 28.8. The molecule has 1 aliphatic rings. The van der Waals surface area contributed by atoms with E-state index in [0.29, 0.717) is 33.0 Å². The summed E-state index contributed by atoms with van der Waals surface area (Å²) in [6.07, 6.45) is 1.89. The molecule has 7 nitrogen and oxygen atoms in total. The third-order valence-corrected chi connectivity index (χ3v) is 8.92. The number of aliphatic hydroxyl groups is 1. The van der Waals surface area contributed by atoms with Crippen LogP contribution in [0.3, 0.4) is 0 Å². The lowest BCUT2D eigenvalue weighted by atomic mass is 9.95. The van der Waals surface area contributed by atoms with Gasteiger partial charge in [-0.1, -0.05) is 84.4 Å². The molecule has 1 aliphatic heterocycles. The van der Waals surface area contributed by atoms with Gasteiger partial charge in [-0.05, 0) is 48.4 Å². The maximum absolute atomic E-state index is 15.2. The smallest absolute Gasteiger partial charge is 0.301 e. The molecule has 3 aromatic carbocycles. The van der Waals surface area contributed by atoms with Crippen molar-refractivity contribution in [3.63, 3.8) is 0 Å². The van der Waals surface area contributed by atoms with Crippen LogP contribution in [0.15, 0.2) is 82.7 Å². The first-order chi connectivity index (χ1) is 19.9. The number of anilines is 1. The number of aliphatic hydroxyl groups excluding tert-OH is 1. The number of ether oxygens (including phenoxy) is 1. The molecular formula is C30H25ClFN3O4S2. The molecule has 1 atom stereocenters. The van der Waals surface area contributed by atoms with Crippen LogP contribution in [0.2, 0.25) is 5.02 Å². The maximum atomic E-state index is 15.2. The molecule has 210 valence electrons. The lowest BCUT2D eigenvalue weighted by Gasteiger charge is -2.22. The van der Waals surface area contributed by atoms with Crippen molar-refractivity contribution in [1.82, 2.24) is 10.2 Å². The highest BCUT2D eigenvalue weighted by molar-refractivity contribution is 8.00. The van der Waals surface area contributed by atoms with Crippen molar-refractivity contribution in [3.8, 4) is 5.75 Å². The average molecular weight is 610 g/mol. The van der Waals surface area contributed by atoms with E-state index < -0.39 is 29.3 Å². The number of carbonyl (C=O) groups excluding carboxylic acids is 2. The van der Waals surface area contributed by atoms with Crippen LogP contribution < -0.4 is 9.64 Å². The Morgan fingerprint density at radius 2 is 1.80 bits per heavy atom. The van der Waals surface area contributed by atoms with Gasteiger partial charge >= 0.3 is 5.91 Å². The van der Waals surface area contributed by atoms with E-state index in [0.717, 1.165) is 34.6 Å². The molecule has 0 bridgehead atoms. The number of rotatable bonds is 10. The third-order valence-electron chi connectivity index (χ3n) is 6.45. The largest absolute Gasteiger partial charge is 0.507 e. The summed E-state index contributed by atoms with van der Waals surface area (Å²) >= 11 is 8.73. The van der Waals surface area contributed by atoms with Crippen molar-refractivity contribution < 1.29 is 23.8 Å². The van der Waals surface area contributed by atoms with E-state index in [4.69, 9.17) is 16.3 Å². The van der Waals surface area contributed by atoms with Gasteiger partial charge in [0.15, 0.2) is 4.34 Å². The number of ketones is 1. The zero-order chi connectivity index (χ0) is 28.9. The zero-order valence-corrected chi connectivity index (χ0v) is 24.3. The summed E-state index contributed by atoms with van der Waals surface area (Å²) < 4.78 is 21.4. The van der Waals surface area contributed by atoms with E-state index in [-0.39, 0.29) is 16.3 Å². The second-order valence-electron chi connectivity index (χ2n) is 9.15. The number of aromatic nitrogens is 2. The molecule has 0 radical (unpaired) electrons. The van der Waals surface area contributed by atoms with E-state index in [9.17, 15) is 14.7 Å². The van der Waals surface area contributed by atoms with Crippen LogP contribution in [0, 0.1) is 5.82 Å². The fraction of sp³-hybridized carbons (Fsp3) is 0.200. The maximum Gasteiger partial charge on any atom is 0.301 e. The van der Waals surface area contributed by atoms with E-state index in [1.54, 1.807) is 36.4 Å². The number of carbonyl (C=O) groups is 2. The summed E-state index contributed by atoms with van der Waals surface area (Å²) in [5.41, 5.74) is 1.01. The number of nitrogens with zero attached hydrogens (tertiary/aromatic N) is 3. The Morgan fingerprint density at radius 3 is 2.54 bits per heavy atom. The molecule has 41 heavy (non-hydrogen) atoms. The molecule has 1 aromatic heterocycles. The summed E-state index contributed by atoms with van der Waals surface area (Å²) in [6.45, 7) is 2.62. The normalized spacial score (nSPS) is 16.4. The highest BCUT2D eigenvalue weighted by atomic mass is 35.5. The topological polar surface area (TPSA) is 92.6 Å². The lowest BCUT2D eigenvalue weighted by molar-refractivity contribution is -0.132. The van der Waals surface area contributed by atoms with Crippen LogP contribution in [-0.4, -0.2) is 33.6 Å². The molecule has 5 rings (SSSR count). The van der Waals surface area contributed by atoms with Crippen LogP contribution >= 0.6 is 34.7 Å². The fourth-order valence-corrected chi connectivity index (χ4v) is 6.49.